The van der Waals surface area contributed by atoms with Crippen molar-refractivity contribution in [3.63, 3.8) is 0 Å². The maximum atomic E-state index is 12.2. The van der Waals surface area contributed by atoms with Crippen LogP contribution in [-0.4, -0.2) is 35.0 Å². The number of unbranched alkanes of at least 4 members (excludes halogenated alkanes) is 18. The number of H-pyrrole nitrogens is 1. The third kappa shape index (κ3) is 18.1. The normalized spacial score (nSPS) is 11.9. The number of hydrogen-bond acceptors (Lipinski definition) is 4. The smallest absolute Gasteiger partial charge is 0.328 e. The van der Waals surface area contributed by atoms with E-state index in [1.54, 1.807) is 12.5 Å². The minimum atomic E-state index is -0.673. The zero-order valence-corrected chi connectivity index (χ0v) is 22.8. The van der Waals surface area contributed by atoms with E-state index in [0.717, 1.165) is 18.5 Å². The van der Waals surface area contributed by atoms with E-state index >= 15 is 0 Å². The molecule has 6 nitrogen and oxygen atoms in total. The van der Waals surface area contributed by atoms with Gasteiger partial charge >= 0.3 is 5.97 Å². The van der Waals surface area contributed by atoms with Gasteiger partial charge in [0.05, 0.1) is 13.4 Å². The molecule has 0 fully saturated rings. The maximum Gasteiger partial charge on any atom is 0.328 e. The summed E-state index contributed by atoms with van der Waals surface area (Å²) >= 11 is 0. The largest absolute Gasteiger partial charge is 0.467 e. The van der Waals surface area contributed by atoms with Gasteiger partial charge in [-0.1, -0.05) is 122 Å². The molecule has 0 saturated carbocycles. The lowest BCUT2D eigenvalue weighted by atomic mass is 10.0. The molecule has 2 N–H and O–H groups in total. The molecule has 0 radical (unpaired) electrons. The van der Waals surface area contributed by atoms with Gasteiger partial charge in [0, 0.05) is 24.7 Å². The fourth-order valence-corrected chi connectivity index (χ4v) is 4.58. The Hall–Kier alpha value is -1.85. The quantitative estimate of drug-likeness (QED) is 0.116. The van der Waals surface area contributed by atoms with E-state index < -0.39 is 12.0 Å². The van der Waals surface area contributed by atoms with Crippen LogP contribution in [0.25, 0.3) is 0 Å². The Morgan fingerprint density at radius 1 is 0.800 bits per heavy atom. The molecule has 1 amide bonds. The van der Waals surface area contributed by atoms with Crippen molar-refractivity contribution in [3.8, 4) is 0 Å². The molecule has 1 aromatic rings. The predicted molar refractivity (Wildman–Crippen MR) is 144 cm³/mol. The first-order valence-corrected chi connectivity index (χ1v) is 14.5. The van der Waals surface area contributed by atoms with Gasteiger partial charge in [-0.15, -0.1) is 0 Å². The molecule has 0 bridgehead atoms. The average Bonchev–Trinajstić information content (AvgIpc) is 3.37. The van der Waals surface area contributed by atoms with E-state index in [9.17, 15) is 9.59 Å². The highest BCUT2D eigenvalue weighted by Crippen LogP contribution is 2.15. The molecule has 0 aromatic carbocycles. The monoisotopic (exact) mass is 491 g/mol. The molecule has 1 rings (SSSR count). The number of aromatic nitrogens is 2. The van der Waals surface area contributed by atoms with E-state index in [1.165, 1.54) is 116 Å². The molecule has 0 aliphatic carbocycles. The van der Waals surface area contributed by atoms with Crippen LogP contribution in [0.1, 0.15) is 141 Å². The van der Waals surface area contributed by atoms with Crippen LogP contribution in [0.4, 0.5) is 0 Å². The molecular formula is C29H53N3O3. The van der Waals surface area contributed by atoms with Crippen molar-refractivity contribution >= 4 is 11.9 Å². The summed E-state index contributed by atoms with van der Waals surface area (Å²) in [6, 6.07) is -0.673. The lowest BCUT2D eigenvalue weighted by molar-refractivity contribution is -0.145. The highest BCUT2D eigenvalue weighted by Gasteiger charge is 2.22. The third-order valence-electron chi connectivity index (χ3n) is 6.81. The third-order valence-corrected chi connectivity index (χ3v) is 6.81. The van der Waals surface area contributed by atoms with Gasteiger partial charge < -0.3 is 15.0 Å². The van der Waals surface area contributed by atoms with E-state index in [1.807, 2.05) is 0 Å². The summed E-state index contributed by atoms with van der Waals surface area (Å²) in [5, 5.41) is 2.80. The number of nitrogens with one attached hydrogen (secondary N) is 2. The second kappa shape index (κ2) is 22.6. The van der Waals surface area contributed by atoms with Gasteiger partial charge in [0.2, 0.25) is 5.91 Å². The predicted octanol–water partition coefficient (Wildman–Crippen LogP) is 7.43. The summed E-state index contributed by atoms with van der Waals surface area (Å²) in [7, 11) is 1.34. The van der Waals surface area contributed by atoms with Crippen molar-refractivity contribution in [3.05, 3.63) is 18.2 Å². The second-order valence-electron chi connectivity index (χ2n) is 10.0. The molecular weight excluding hydrogens is 438 g/mol. The van der Waals surface area contributed by atoms with Crippen LogP contribution < -0.4 is 5.32 Å². The van der Waals surface area contributed by atoms with Gasteiger partial charge in [0.25, 0.3) is 0 Å². The number of amides is 1. The van der Waals surface area contributed by atoms with Crippen molar-refractivity contribution in [2.24, 2.45) is 0 Å². The van der Waals surface area contributed by atoms with Crippen molar-refractivity contribution < 1.29 is 14.3 Å². The van der Waals surface area contributed by atoms with E-state index in [0.29, 0.717) is 12.8 Å². The zero-order chi connectivity index (χ0) is 25.4. The van der Waals surface area contributed by atoms with E-state index in [2.05, 4.69) is 22.2 Å². The first kappa shape index (κ1) is 31.2. The van der Waals surface area contributed by atoms with Crippen LogP contribution in [0.5, 0.6) is 0 Å². The lowest BCUT2D eigenvalue weighted by Gasteiger charge is -2.15. The standard InChI is InChI=1S/C29H53N3O3/c1-3-4-5-6-7-8-9-10-11-12-13-14-15-16-17-18-19-20-21-22-28(33)32-27(29(34)35-2)23-26-24-30-25-31-26/h24-25,27H,3-23H2,1-2H3,(H,30,31)(H,32,33)/t27-/m0/s1. The number of ether oxygens (including phenoxy) is 1. The van der Waals surface area contributed by atoms with Gasteiger partial charge in [-0.05, 0) is 6.42 Å². The number of methoxy groups -OCH3 is 1. The van der Waals surface area contributed by atoms with Crippen molar-refractivity contribution in [1.29, 1.82) is 0 Å². The Labute approximate surface area is 214 Å². The van der Waals surface area contributed by atoms with Crippen molar-refractivity contribution in [1.82, 2.24) is 15.3 Å². The number of carbonyl (C=O) groups is 2. The molecule has 0 unspecified atom stereocenters. The number of hydrogen-bond donors (Lipinski definition) is 2. The summed E-state index contributed by atoms with van der Waals surface area (Å²) in [6.07, 6.45) is 29.4. The summed E-state index contributed by atoms with van der Waals surface area (Å²) < 4.78 is 4.82. The van der Waals surface area contributed by atoms with Crippen molar-refractivity contribution in [2.45, 2.75) is 148 Å². The molecule has 0 saturated heterocycles. The minimum Gasteiger partial charge on any atom is -0.467 e. The Balaban J connectivity index is 1.87. The molecule has 1 atom stereocenters. The van der Waals surface area contributed by atoms with E-state index in [-0.39, 0.29) is 5.91 Å². The molecule has 202 valence electrons. The molecule has 0 aliphatic rings. The minimum absolute atomic E-state index is 0.0908. The molecule has 1 heterocycles. The van der Waals surface area contributed by atoms with Gasteiger partial charge in [-0.25, -0.2) is 9.78 Å². The van der Waals surface area contributed by atoms with Crippen LogP contribution >= 0.6 is 0 Å². The van der Waals surface area contributed by atoms with Gasteiger partial charge in [-0.2, -0.15) is 0 Å². The topological polar surface area (TPSA) is 84.1 Å². The summed E-state index contributed by atoms with van der Waals surface area (Å²) in [4.78, 5) is 31.1. The van der Waals surface area contributed by atoms with Crippen LogP contribution in [-0.2, 0) is 20.7 Å². The fraction of sp³-hybridized carbons (Fsp3) is 0.828. The highest BCUT2D eigenvalue weighted by atomic mass is 16.5. The highest BCUT2D eigenvalue weighted by molar-refractivity contribution is 5.84. The number of esters is 1. The molecule has 6 heteroatoms. The molecule has 0 aliphatic heterocycles. The first-order chi connectivity index (χ1) is 17.2. The average molecular weight is 492 g/mol. The molecule has 35 heavy (non-hydrogen) atoms. The number of carbonyl (C=O) groups excluding carboxylic acids is 2. The van der Waals surface area contributed by atoms with Crippen LogP contribution in [0.15, 0.2) is 12.5 Å². The summed E-state index contributed by atoms with van der Waals surface area (Å²) in [6.45, 7) is 2.28. The number of imidazole rings is 1. The number of rotatable bonds is 24. The first-order valence-electron chi connectivity index (χ1n) is 14.5. The van der Waals surface area contributed by atoms with Crippen LogP contribution in [0.3, 0.4) is 0 Å². The van der Waals surface area contributed by atoms with Gasteiger partial charge in [-0.3, -0.25) is 4.79 Å². The Morgan fingerprint density at radius 3 is 1.66 bits per heavy atom. The van der Waals surface area contributed by atoms with Gasteiger partial charge in [0.15, 0.2) is 0 Å². The van der Waals surface area contributed by atoms with Crippen LogP contribution in [0.2, 0.25) is 0 Å². The van der Waals surface area contributed by atoms with Crippen LogP contribution in [0, 0.1) is 0 Å². The van der Waals surface area contributed by atoms with E-state index in [4.69, 9.17) is 4.74 Å². The zero-order valence-electron chi connectivity index (χ0n) is 22.8. The summed E-state index contributed by atoms with van der Waals surface area (Å²) in [5.41, 5.74) is 0.796. The molecule has 0 spiro atoms. The Bertz CT molecular complexity index is 619. The Morgan fingerprint density at radius 2 is 1.26 bits per heavy atom. The maximum absolute atomic E-state index is 12.2. The second-order valence-corrected chi connectivity index (χ2v) is 10.0. The number of aromatic amines is 1. The summed E-state index contributed by atoms with van der Waals surface area (Å²) in [5.74, 6) is -0.520. The lowest BCUT2D eigenvalue weighted by Crippen LogP contribution is -2.43. The van der Waals surface area contributed by atoms with Gasteiger partial charge in [0.1, 0.15) is 6.04 Å². The fourth-order valence-electron chi connectivity index (χ4n) is 4.58. The SMILES string of the molecule is CCCCCCCCCCCCCCCCCCCCCC(=O)N[C@@H](Cc1cnc[nH]1)C(=O)OC. The molecule has 1 aromatic heterocycles. The van der Waals surface area contributed by atoms with Crippen molar-refractivity contribution in [2.75, 3.05) is 7.11 Å². The Kier molecular flexibility index (Phi) is 20.1. The number of nitrogens with zero attached hydrogens (tertiary/aromatic N) is 1.